The number of H-pyrrole nitrogens is 1. The lowest BCUT2D eigenvalue weighted by molar-refractivity contribution is -0.117. The molecule has 4 aromatic rings. The largest absolute Gasteiger partial charge is 0.358 e. The van der Waals surface area contributed by atoms with Crippen molar-refractivity contribution in [2.75, 3.05) is 0 Å². The lowest BCUT2D eigenvalue weighted by Crippen LogP contribution is -2.45. The first-order valence-corrected chi connectivity index (χ1v) is 12.1. The lowest BCUT2D eigenvalue weighted by Gasteiger charge is -2.10. The number of benzene rings is 3. The fourth-order valence-electron chi connectivity index (χ4n) is 3.59. The summed E-state index contributed by atoms with van der Waals surface area (Å²) >= 11 is 0. The summed E-state index contributed by atoms with van der Waals surface area (Å²) in [7, 11) is -3.89. The Balaban J connectivity index is 1.42. The van der Waals surface area contributed by atoms with Crippen molar-refractivity contribution in [3.63, 3.8) is 0 Å². The number of sulfonamides is 1. The average Bonchev–Trinajstić information content (AvgIpc) is 3.21. The van der Waals surface area contributed by atoms with Crippen molar-refractivity contribution in [1.82, 2.24) is 20.6 Å². The Labute approximate surface area is 201 Å². The molecule has 1 aromatic heterocycles. The van der Waals surface area contributed by atoms with E-state index >= 15 is 0 Å². The van der Waals surface area contributed by atoms with Crippen LogP contribution in [0.1, 0.15) is 32.0 Å². The van der Waals surface area contributed by atoms with Crippen LogP contribution in [-0.4, -0.2) is 31.0 Å². The van der Waals surface area contributed by atoms with Crippen molar-refractivity contribution in [1.29, 1.82) is 0 Å². The highest BCUT2D eigenvalue weighted by Gasteiger charge is 2.23. The monoisotopic (exact) mass is 490 g/mol. The minimum Gasteiger partial charge on any atom is -0.358 e. The van der Waals surface area contributed by atoms with Crippen molar-refractivity contribution in [3.05, 3.63) is 101 Å². The van der Waals surface area contributed by atoms with Gasteiger partial charge in [0.1, 0.15) is 0 Å². The molecule has 10 heteroatoms. The third-order valence-electron chi connectivity index (χ3n) is 5.33. The quantitative estimate of drug-likeness (QED) is 0.179. The molecular formula is C25H22N4O5S. The van der Waals surface area contributed by atoms with Crippen LogP contribution in [-0.2, 0) is 21.4 Å². The summed E-state index contributed by atoms with van der Waals surface area (Å²) in [6.45, 7) is 1.77. The van der Waals surface area contributed by atoms with Crippen molar-refractivity contribution in [2.45, 2.75) is 18.4 Å². The van der Waals surface area contributed by atoms with Crippen LogP contribution in [0.5, 0.6) is 0 Å². The van der Waals surface area contributed by atoms with Gasteiger partial charge in [-0.05, 0) is 36.8 Å². The second kappa shape index (κ2) is 9.92. The van der Waals surface area contributed by atoms with E-state index in [9.17, 15) is 22.8 Å². The minimum atomic E-state index is -3.89. The van der Waals surface area contributed by atoms with Gasteiger partial charge in [-0.25, -0.2) is 13.1 Å². The van der Waals surface area contributed by atoms with Crippen LogP contribution in [0.15, 0.2) is 83.8 Å². The molecule has 0 bridgehead atoms. The van der Waals surface area contributed by atoms with Gasteiger partial charge >= 0.3 is 5.91 Å². The fourth-order valence-corrected chi connectivity index (χ4v) is 4.65. The molecule has 4 rings (SSSR count). The van der Waals surface area contributed by atoms with Crippen LogP contribution in [0.25, 0.3) is 10.9 Å². The minimum absolute atomic E-state index is 0.0105. The lowest BCUT2D eigenvalue weighted by atomic mass is 10.1. The Morgan fingerprint density at radius 1 is 0.857 bits per heavy atom. The highest BCUT2D eigenvalue weighted by Crippen LogP contribution is 2.22. The van der Waals surface area contributed by atoms with Crippen molar-refractivity contribution < 1.29 is 22.8 Å². The predicted octanol–water partition coefficient (Wildman–Crippen LogP) is 2.60. The Morgan fingerprint density at radius 2 is 1.57 bits per heavy atom. The number of aromatic amines is 1. The molecule has 0 fully saturated rings. The van der Waals surface area contributed by atoms with Gasteiger partial charge < -0.3 is 4.98 Å². The van der Waals surface area contributed by atoms with Crippen LogP contribution in [0, 0.1) is 6.92 Å². The Bertz CT molecular complexity index is 1530. The molecule has 0 atom stereocenters. The number of nitrogens with one attached hydrogen (secondary N) is 4. The average molecular weight is 491 g/mol. The van der Waals surface area contributed by atoms with Gasteiger partial charge in [-0.1, -0.05) is 54.6 Å². The summed E-state index contributed by atoms with van der Waals surface area (Å²) in [4.78, 5) is 40.6. The smallest absolute Gasteiger partial charge is 0.310 e. The van der Waals surface area contributed by atoms with E-state index in [1.807, 2.05) is 6.07 Å². The maximum Gasteiger partial charge on any atom is 0.310 e. The summed E-state index contributed by atoms with van der Waals surface area (Å²) < 4.78 is 27.8. The number of carbonyl (C=O) groups is 3. The Morgan fingerprint density at radius 3 is 2.34 bits per heavy atom. The maximum atomic E-state index is 12.7. The van der Waals surface area contributed by atoms with Gasteiger partial charge in [-0.3, -0.25) is 25.2 Å². The standard InChI is InChI=1S/C25H22N4O5S/c1-16-22(20-12-5-6-13-21(20)27-16)23(30)25(32)29-28-24(31)18-10-7-11-19(14-18)35(33,34)26-15-17-8-3-2-4-9-17/h2-14,26-27H,15H2,1H3,(H,28,31)(H,29,32). The van der Waals surface area contributed by atoms with Crippen molar-refractivity contribution in [2.24, 2.45) is 0 Å². The molecule has 0 unspecified atom stereocenters. The van der Waals surface area contributed by atoms with Gasteiger partial charge in [0.15, 0.2) is 0 Å². The first-order valence-electron chi connectivity index (χ1n) is 10.6. The number of hydrogen-bond acceptors (Lipinski definition) is 5. The van der Waals surface area contributed by atoms with Crippen LogP contribution in [0.3, 0.4) is 0 Å². The van der Waals surface area contributed by atoms with Gasteiger partial charge in [-0.2, -0.15) is 0 Å². The Hall–Kier alpha value is -4.28. The van der Waals surface area contributed by atoms with Crippen molar-refractivity contribution >= 4 is 38.5 Å². The molecule has 0 saturated carbocycles. The number of rotatable bonds is 7. The SMILES string of the molecule is Cc1[nH]c2ccccc2c1C(=O)C(=O)NNC(=O)c1cccc(S(=O)(=O)NCc2ccccc2)c1. The molecule has 0 radical (unpaired) electrons. The zero-order valence-corrected chi connectivity index (χ0v) is 19.5. The summed E-state index contributed by atoms with van der Waals surface area (Å²) in [5.41, 5.74) is 6.48. The second-order valence-electron chi connectivity index (χ2n) is 7.75. The van der Waals surface area contributed by atoms with E-state index in [4.69, 9.17) is 0 Å². The van der Waals surface area contributed by atoms with E-state index in [1.54, 1.807) is 55.5 Å². The number of hydrogen-bond donors (Lipinski definition) is 4. The van der Waals surface area contributed by atoms with Gasteiger partial charge in [0, 0.05) is 28.7 Å². The number of amides is 2. The number of hydrazine groups is 1. The first-order chi connectivity index (χ1) is 16.8. The van der Waals surface area contributed by atoms with E-state index < -0.39 is 27.6 Å². The van der Waals surface area contributed by atoms with Crippen LogP contribution in [0.2, 0.25) is 0 Å². The van der Waals surface area contributed by atoms with E-state index in [-0.39, 0.29) is 22.6 Å². The molecule has 0 spiro atoms. The van der Waals surface area contributed by atoms with Crippen molar-refractivity contribution in [3.8, 4) is 0 Å². The molecule has 3 aromatic carbocycles. The molecule has 0 saturated heterocycles. The summed E-state index contributed by atoms with van der Waals surface area (Å²) in [6, 6.07) is 21.4. The van der Waals surface area contributed by atoms with E-state index in [1.165, 1.54) is 24.3 Å². The third-order valence-corrected chi connectivity index (χ3v) is 6.73. The van der Waals surface area contributed by atoms with E-state index in [0.717, 1.165) is 5.56 Å². The van der Waals surface area contributed by atoms with Gasteiger partial charge in [0.2, 0.25) is 10.0 Å². The molecule has 0 aliphatic carbocycles. The summed E-state index contributed by atoms with van der Waals surface area (Å²) in [6.07, 6.45) is 0. The first kappa shape index (κ1) is 23.9. The molecule has 2 amide bonds. The number of fused-ring (bicyclic) bond motifs is 1. The number of aryl methyl sites for hydroxylation is 1. The molecule has 178 valence electrons. The zero-order chi connectivity index (χ0) is 25.0. The molecule has 35 heavy (non-hydrogen) atoms. The van der Waals surface area contributed by atoms with E-state index in [2.05, 4.69) is 20.6 Å². The number of aromatic nitrogens is 1. The van der Waals surface area contributed by atoms with Gasteiger partial charge in [-0.15, -0.1) is 0 Å². The second-order valence-corrected chi connectivity index (χ2v) is 9.51. The number of para-hydroxylation sites is 1. The topological polar surface area (TPSA) is 137 Å². The molecule has 4 N–H and O–H groups in total. The molecule has 0 aliphatic heterocycles. The third kappa shape index (κ3) is 5.29. The van der Waals surface area contributed by atoms with Gasteiger partial charge in [0.05, 0.1) is 10.5 Å². The molecule has 9 nitrogen and oxygen atoms in total. The summed E-state index contributed by atoms with van der Waals surface area (Å²) in [5, 5.41) is 0.595. The van der Waals surface area contributed by atoms with Crippen LogP contribution < -0.4 is 15.6 Å². The fraction of sp³-hybridized carbons (Fsp3) is 0.0800. The maximum absolute atomic E-state index is 12.7. The van der Waals surface area contributed by atoms with Crippen LogP contribution >= 0.6 is 0 Å². The molecule has 1 heterocycles. The highest BCUT2D eigenvalue weighted by molar-refractivity contribution is 7.89. The zero-order valence-electron chi connectivity index (χ0n) is 18.7. The normalized spacial score (nSPS) is 11.2. The van der Waals surface area contributed by atoms with E-state index in [0.29, 0.717) is 16.6 Å². The molecule has 0 aliphatic rings. The number of ketones is 1. The predicted molar refractivity (Wildman–Crippen MR) is 130 cm³/mol. The molecular weight excluding hydrogens is 468 g/mol. The highest BCUT2D eigenvalue weighted by atomic mass is 32.2. The number of Topliss-reactive ketones (excluding diaryl/α,β-unsaturated/α-hetero) is 1. The summed E-state index contributed by atoms with van der Waals surface area (Å²) in [5.74, 6) is -2.62. The van der Waals surface area contributed by atoms with Crippen LogP contribution in [0.4, 0.5) is 0 Å². The van der Waals surface area contributed by atoms with Gasteiger partial charge in [0.25, 0.3) is 11.7 Å². The number of carbonyl (C=O) groups excluding carboxylic acids is 3. The Kier molecular flexibility index (Phi) is 6.76.